The molecule has 1 aromatic carbocycles. The first-order valence-electron chi connectivity index (χ1n) is 10.4. The van der Waals surface area contributed by atoms with E-state index in [2.05, 4.69) is 0 Å². The Morgan fingerprint density at radius 2 is 2.03 bits per heavy atom. The van der Waals surface area contributed by atoms with Gasteiger partial charge in [0.2, 0.25) is 15.5 Å². The number of carboxylic acid groups (broad SMARTS) is 1. The number of fused-ring (bicyclic) bond motifs is 2. The van der Waals surface area contributed by atoms with Crippen molar-refractivity contribution in [3.8, 4) is 16.2 Å². The van der Waals surface area contributed by atoms with Crippen LogP contribution in [0.25, 0.3) is 21.3 Å². The lowest BCUT2D eigenvalue weighted by atomic mass is 10.0. The minimum atomic E-state index is -3.38. The molecule has 11 heteroatoms. The SMILES string of the molecule is COc1c(-c2cc3c(s2)C(N)CN(S(C)(=O)=O)C3)ccc2c(=O)c(C(=O)O)cn(C3CC3)c12. The Labute approximate surface area is 194 Å². The highest BCUT2D eigenvalue weighted by molar-refractivity contribution is 7.88. The monoisotopic (exact) mass is 489 g/mol. The first-order valence-corrected chi connectivity index (χ1v) is 13.1. The molecule has 1 unspecified atom stereocenters. The van der Waals surface area contributed by atoms with Gasteiger partial charge in [0.1, 0.15) is 5.56 Å². The molecule has 3 N–H and O–H groups in total. The van der Waals surface area contributed by atoms with Crippen molar-refractivity contribution in [2.45, 2.75) is 31.5 Å². The highest BCUT2D eigenvalue weighted by Crippen LogP contribution is 2.46. The second kappa shape index (κ2) is 7.66. The molecule has 0 saturated heterocycles. The normalized spacial score (nSPS) is 18.9. The standard InChI is InChI=1S/C22H23N3O6S2/c1-31-20-13(17-7-11-8-24(33(2,29)30)10-16(23)21(11)32-17)5-6-14-18(20)25(12-3-4-12)9-15(19(14)26)22(27)28/h5-7,9,12,16H,3-4,8,10,23H2,1-2H3,(H,27,28). The largest absolute Gasteiger partial charge is 0.494 e. The second-order valence-electron chi connectivity index (χ2n) is 8.52. The number of hydrogen-bond donors (Lipinski definition) is 2. The molecule has 0 radical (unpaired) electrons. The smallest absolute Gasteiger partial charge is 0.341 e. The summed E-state index contributed by atoms with van der Waals surface area (Å²) in [5.41, 5.74) is 7.66. The van der Waals surface area contributed by atoms with E-state index in [-0.39, 0.29) is 24.7 Å². The fourth-order valence-electron chi connectivity index (χ4n) is 4.43. The zero-order chi connectivity index (χ0) is 23.7. The van der Waals surface area contributed by atoms with Crippen LogP contribution in [0.4, 0.5) is 0 Å². The van der Waals surface area contributed by atoms with Crippen molar-refractivity contribution >= 4 is 38.2 Å². The lowest BCUT2D eigenvalue weighted by molar-refractivity contribution is 0.0694. The molecule has 1 aliphatic carbocycles. The Morgan fingerprint density at radius 1 is 1.30 bits per heavy atom. The van der Waals surface area contributed by atoms with E-state index in [0.29, 0.717) is 16.7 Å². The summed E-state index contributed by atoms with van der Waals surface area (Å²) < 4.78 is 33.1. The Balaban J connectivity index is 1.71. The van der Waals surface area contributed by atoms with E-state index in [1.807, 2.05) is 10.6 Å². The average Bonchev–Trinajstić information content (AvgIpc) is 3.50. The number of thiophene rings is 1. The lowest BCUT2D eigenvalue weighted by Crippen LogP contribution is -2.39. The van der Waals surface area contributed by atoms with Gasteiger partial charge in [-0.1, -0.05) is 0 Å². The van der Waals surface area contributed by atoms with Crippen LogP contribution in [0, 0.1) is 0 Å². The molecule has 0 spiro atoms. The Bertz CT molecular complexity index is 1470. The van der Waals surface area contributed by atoms with E-state index in [9.17, 15) is 23.1 Å². The molecule has 1 fully saturated rings. The summed E-state index contributed by atoms with van der Waals surface area (Å²) >= 11 is 1.48. The number of benzene rings is 1. The van der Waals surface area contributed by atoms with E-state index in [1.165, 1.54) is 35.2 Å². The summed E-state index contributed by atoms with van der Waals surface area (Å²) in [5, 5.41) is 9.80. The number of sulfonamides is 1. The predicted octanol–water partition coefficient (Wildman–Crippen LogP) is 2.55. The van der Waals surface area contributed by atoms with Gasteiger partial charge in [0, 0.05) is 40.6 Å². The number of methoxy groups -OCH3 is 1. The highest BCUT2D eigenvalue weighted by Gasteiger charge is 2.32. The molecule has 0 bridgehead atoms. The number of rotatable bonds is 5. The first-order chi connectivity index (χ1) is 15.6. The third-order valence-electron chi connectivity index (χ3n) is 6.18. The maximum Gasteiger partial charge on any atom is 0.341 e. The van der Waals surface area contributed by atoms with Crippen molar-refractivity contribution in [2.24, 2.45) is 5.73 Å². The van der Waals surface area contributed by atoms with E-state index >= 15 is 0 Å². The van der Waals surface area contributed by atoms with Crippen molar-refractivity contribution < 1.29 is 23.1 Å². The van der Waals surface area contributed by atoms with Crippen LogP contribution in [0.1, 0.15) is 45.7 Å². The number of hydrogen-bond acceptors (Lipinski definition) is 7. The van der Waals surface area contributed by atoms with Crippen LogP contribution in [-0.4, -0.2) is 48.3 Å². The summed E-state index contributed by atoms with van der Waals surface area (Å²) in [4.78, 5) is 26.3. The molecule has 174 valence electrons. The molecule has 1 aliphatic heterocycles. The molecule has 1 atom stereocenters. The Hall–Kier alpha value is -2.73. The van der Waals surface area contributed by atoms with Gasteiger partial charge in [-0.15, -0.1) is 11.3 Å². The van der Waals surface area contributed by atoms with Crippen LogP contribution in [0.2, 0.25) is 0 Å². The van der Waals surface area contributed by atoms with Crippen LogP contribution in [0.15, 0.2) is 29.2 Å². The first kappa shape index (κ1) is 22.1. The number of aromatic carboxylic acids is 1. The molecular formula is C22H23N3O6S2. The van der Waals surface area contributed by atoms with Gasteiger partial charge in [-0.05, 0) is 36.6 Å². The van der Waals surface area contributed by atoms with Crippen LogP contribution >= 0.6 is 11.3 Å². The molecule has 33 heavy (non-hydrogen) atoms. The summed E-state index contributed by atoms with van der Waals surface area (Å²) in [6.45, 7) is 0.475. The van der Waals surface area contributed by atoms with Gasteiger partial charge in [0.15, 0.2) is 5.75 Å². The van der Waals surface area contributed by atoms with Crippen LogP contribution < -0.4 is 15.9 Å². The van der Waals surface area contributed by atoms with Gasteiger partial charge < -0.3 is 20.1 Å². The van der Waals surface area contributed by atoms with Crippen molar-refractivity contribution in [1.82, 2.24) is 8.87 Å². The van der Waals surface area contributed by atoms with Gasteiger partial charge in [0.25, 0.3) is 0 Å². The maximum absolute atomic E-state index is 12.9. The number of ether oxygens (including phenoxy) is 1. The number of nitrogens with two attached hydrogens (primary N) is 1. The summed E-state index contributed by atoms with van der Waals surface area (Å²) in [7, 11) is -1.85. The third kappa shape index (κ3) is 3.65. The molecule has 3 heterocycles. The molecule has 3 aromatic rings. The highest BCUT2D eigenvalue weighted by atomic mass is 32.2. The van der Waals surface area contributed by atoms with Crippen molar-refractivity contribution in [3.63, 3.8) is 0 Å². The maximum atomic E-state index is 12.9. The van der Waals surface area contributed by atoms with E-state index in [4.69, 9.17) is 10.5 Å². The Kier molecular flexibility index (Phi) is 5.12. The average molecular weight is 490 g/mol. The fourth-order valence-corrected chi connectivity index (χ4v) is 6.43. The van der Waals surface area contributed by atoms with Gasteiger partial charge in [-0.25, -0.2) is 13.2 Å². The molecule has 2 aromatic heterocycles. The van der Waals surface area contributed by atoms with Crippen molar-refractivity contribution in [2.75, 3.05) is 19.9 Å². The zero-order valence-corrected chi connectivity index (χ0v) is 19.7. The molecule has 5 rings (SSSR count). The topological polar surface area (TPSA) is 132 Å². The fraction of sp³-hybridized carbons (Fsp3) is 0.364. The number of carboxylic acids is 1. The predicted molar refractivity (Wildman–Crippen MR) is 125 cm³/mol. The van der Waals surface area contributed by atoms with E-state index in [1.54, 1.807) is 12.1 Å². The Morgan fingerprint density at radius 3 is 2.64 bits per heavy atom. The van der Waals surface area contributed by atoms with Gasteiger partial charge >= 0.3 is 5.97 Å². The molecule has 1 saturated carbocycles. The second-order valence-corrected chi connectivity index (χ2v) is 11.6. The molecule has 2 aliphatic rings. The van der Waals surface area contributed by atoms with E-state index < -0.39 is 27.5 Å². The van der Waals surface area contributed by atoms with Gasteiger partial charge in [-0.3, -0.25) is 4.79 Å². The van der Waals surface area contributed by atoms with Crippen molar-refractivity contribution in [3.05, 3.63) is 50.6 Å². The third-order valence-corrected chi connectivity index (χ3v) is 8.74. The number of nitrogens with zero attached hydrogens (tertiary/aromatic N) is 2. The number of pyridine rings is 1. The quantitative estimate of drug-likeness (QED) is 0.563. The summed E-state index contributed by atoms with van der Waals surface area (Å²) in [6.07, 6.45) is 4.38. The molecular weight excluding hydrogens is 466 g/mol. The van der Waals surface area contributed by atoms with Crippen LogP contribution in [-0.2, 0) is 16.6 Å². The number of carbonyl (C=O) groups is 1. The van der Waals surface area contributed by atoms with Crippen LogP contribution in [0.5, 0.6) is 5.75 Å². The lowest BCUT2D eigenvalue weighted by Gasteiger charge is -2.28. The minimum Gasteiger partial charge on any atom is -0.494 e. The van der Waals surface area contributed by atoms with Gasteiger partial charge in [-0.2, -0.15) is 4.31 Å². The van der Waals surface area contributed by atoms with Crippen LogP contribution in [0.3, 0.4) is 0 Å². The van der Waals surface area contributed by atoms with Crippen molar-refractivity contribution in [1.29, 1.82) is 0 Å². The summed E-state index contributed by atoms with van der Waals surface area (Å²) in [5.74, 6) is -0.768. The number of aromatic nitrogens is 1. The molecule has 0 amide bonds. The zero-order valence-electron chi connectivity index (χ0n) is 18.1. The van der Waals surface area contributed by atoms with Gasteiger partial charge in [0.05, 0.1) is 30.3 Å². The minimum absolute atomic E-state index is 0.114. The molecule has 9 nitrogen and oxygen atoms in total. The summed E-state index contributed by atoms with van der Waals surface area (Å²) in [6, 6.07) is 5.00. The van der Waals surface area contributed by atoms with E-state index in [0.717, 1.165) is 33.7 Å².